The first-order chi connectivity index (χ1) is 7.49. The maximum Gasteiger partial charge on any atom is 0.328 e. The van der Waals surface area contributed by atoms with Crippen LogP contribution in [0.4, 0.5) is 0 Å². The smallest absolute Gasteiger partial charge is 0.328 e. The lowest BCUT2D eigenvalue weighted by molar-refractivity contribution is -0.131. The van der Waals surface area contributed by atoms with Crippen LogP contribution in [0.1, 0.15) is 33.1 Å². The summed E-state index contributed by atoms with van der Waals surface area (Å²) in [6.07, 6.45) is 5.02. The first-order valence-electron chi connectivity index (χ1n) is 5.70. The molecule has 1 saturated carbocycles. The molecule has 1 aliphatic carbocycles. The third kappa shape index (κ3) is 4.04. The molecule has 1 amide bonds. The van der Waals surface area contributed by atoms with Crippen LogP contribution in [0.25, 0.3) is 0 Å². The molecule has 1 rings (SSSR count). The molecule has 0 spiro atoms. The number of aliphatic carboxylic acids is 1. The highest BCUT2D eigenvalue weighted by molar-refractivity contribution is 5.93. The van der Waals surface area contributed by atoms with E-state index in [1.807, 2.05) is 0 Å². The second-order valence-corrected chi connectivity index (χ2v) is 4.64. The van der Waals surface area contributed by atoms with Gasteiger partial charge in [0, 0.05) is 18.2 Å². The summed E-state index contributed by atoms with van der Waals surface area (Å²) in [5.74, 6) is -0.0832. The molecule has 0 aromatic heterocycles. The lowest BCUT2D eigenvalue weighted by Gasteiger charge is -2.32. The highest BCUT2D eigenvalue weighted by atomic mass is 16.4. The van der Waals surface area contributed by atoms with Gasteiger partial charge >= 0.3 is 5.97 Å². The summed E-state index contributed by atoms with van der Waals surface area (Å²) >= 11 is 0. The maximum atomic E-state index is 11.3. The van der Waals surface area contributed by atoms with Crippen molar-refractivity contribution in [2.75, 3.05) is 0 Å². The number of carbonyl (C=O) groups excluding carboxylic acids is 1. The summed E-state index contributed by atoms with van der Waals surface area (Å²) in [6, 6.07) is 0.192. The van der Waals surface area contributed by atoms with Crippen molar-refractivity contribution in [1.29, 1.82) is 0 Å². The van der Waals surface area contributed by atoms with E-state index in [2.05, 4.69) is 19.2 Å². The van der Waals surface area contributed by atoms with Gasteiger partial charge in [-0.1, -0.05) is 13.8 Å². The van der Waals surface area contributed by atoms with Gasteiger partial charge < -0.3 is 10.4 Å². The summed E-state index contributed by atoms with van der Waals surface area (Å²) in [6.45, 7) is 4.42. The highest BCUT2D eigenvalue weighted by Crippen LogP contribution is 2.29. The Bertz CT molecular complexity index is 299. The van der Waals surface area contributed by atoms with Crippen LogP contribution in [0.5, 0.6) is 0 Å². The van der Waals surface area contributed by atoms with E-state index in [-0.39, 0.29) is 11.9 Å². The average molecular weight is 225 g/mol. The molecule has 2 N–H and O–H groups in total. The lowest BCUT2D eigenvalue weighted by Crippen LogP contribution is -2.39. The van der Waals surface area contributed by atoms with E-state index in [1.54, 1.807) is 0 Å². The second-order valence-electron chi connectivity index (χ2n) is 4.64. The summed E-state index contributed by atoms with van der Waals surface area (Å²) in [5.41, 5.74) is 0. The van der Waals surface area contributed by atoms with Crippen LogP contribution in [0.15, 0.2) is 12.2 Å². The van der Waals surface area contributed by atoms with Crippen molar-refractivity contribution in [2.45, 2.75) is 39.2 Å². The average Bonchev–Trinajstić information content (AvgIpc) is 2.21. The van der Waals surface area contributed by atoms with Crippen LogP contribution >= 0.6 is 0 Å². The molecule has 3 atom stereocenters. The zero-order valence-corrected chi connectivity index (χ0v) is 9.77. The van der Waals surface area contributed by atoms with Gasteiger partial charge in [0.15, 0.2) is 0 Å². The molecular formula is C12H19NO3. The zero-order valence-electron chi connectivity index (χ0n) is 9.77. The van der Waals surface area contributed by atoms with Gasteiger partial charge in [0.2, 0.25) is 5.91 Å². The van der Waals surface area contributed by atoms with Gasteiger partial charge in [-0.05, 0) is 31.1 Å². The molecule has 4 nitrogen and oxygen atoms in total. The zero-order chi connectivity index (χ0) is 12.1. The second kappa shape index (κ2) is 5.68. The Balaban J connectivity index is 2.38. The van der Waals surface area contributed by atoms with Gasteiger partial charge in [-0.3, -0.25) is 4.79 Å². The third-order valence-corrected chi connectivity index (χ3v) is 3.32. The molecule has 16 heavy (non-hydrogen) atoms. The van der Waals surface area contributed by atoms with Crippen LogP contribution in [0.2, 0.25) is 0 Å². The lowest BCUT2D eigenvalue weighted by atomic mass is 9.79. The SMILES string of the molecule is CC1CCC(NC(=O)C=CC(=O)O)CC1C. The molecule has 3 unspecified atom stereocenters. The molecule has 0 aromatic rings. The van der Waals surface area contributed by atoms with Gasteiger partial charge in [-0.2, -0.15) is 0 Å². The maximum absolute atomic E-state index is 11.3. The summed E-state index contributed by atoms with van der Waals surface area (Å²) in [7, 11) is 0. The fourth-order valence-corrected chi connectivity index (χ4v) is 2.07. The van der Waals surface area contributed by atoms with E-state index in [1.165, 1.54) is 0 Å². The van der Waals surface area contributed by atoms with Gasteiger partial charge in [0.1, 0.15) is 0 Å². The first kappa shape index (κ1) is 12.7. The Hall–Kier alpha value is -1.32. The minimum atomic E-state index is -1.10. The van der Waals surface area contributed by atoms with Crippen molar-refractivity contribution in [3.63, 3.8) is 0 Å². The molecule has 0 aliphatic heterocycles. The number of carboxylic acid groups (broad SMARTS) is 1. The van der Waals surface area contributed by atoms with Crippen molar-refractivity contribution in [3.05, 3.63) is 12.2 Å². The van der Waals surface area contributed by atoms with Gasteiger partial charge in [0.05, 0.1) is 0 Å². The first-order valence-corrected chi connectivity index (χ1v) is 5.70. The molecule has 0 heterocycles. The Kier molecular flexibility index (Phi) is 4.52. The summed E-state index contributed by atoms with van der Waals surface area (Å²) in [4.78, 5) is 21.6. The summed E-state index contributed by atoms with van der Waals surface area (Å²) in [5, 5.41) is 11.2. The minimum Gasteiger partial charge on any atom is -0.478 e. The monoisotopic (exact) mass is 225 g/mol. The van der Waals surface area contributed by atoms with E-state index in [4.69, 9.17) is 5.11 Å². The van der Waals surface area contributed by atoms with E-state index in [0.717, 1.165) is 31.4 Å². The Morgan fingerprint density at radius 1 is 1.19 bits per heavy atom. The molecule has 1 aliphatic rings. The van der Waals surface area contributed by atoms with Crippen molar-refractivity contribution in [2.24, 2.45) is 11.8 Å². The topological polar surface area (TPSA) is 66.4 Å². The molecule has 0 radical (unpaired) electrons. The van der Waals surface area contributed by atoms with Crippen LogP contribution < -0.4 is 5.32 Å². The molecule has 4 heteroatoms. The fourth-order valence-electron chi connectivity index (χ4n) is 2.07. The number of hydrogen-bond donors (Lipinski definition) is 2. The number of carbonyl (C=O) groups is 2. The molecule has 0 saturated heterocycles. The number of amides is 1. The van der Waals surface area contributed by atoms with Crippen molar-refractivity contribution >= 4 is 11.9 Å². The van der Waals surface area contributed by atoms with Crippen molar-refractivity contribution in [3.8, 4) is 0 Å². The largest absolute Gasteiger partial charge is 0.478 e. The Morgan fingerprint density at radius 2 is 1.88 bits per heavy atom. The predicted molar refractivity (Wildman–Crippen MR) is 60.9 cm³/mol. The van der Waals surface area contributed by atoms with Crippen LogP contribution in [0.3, 0.4) is 0 Å². The number of rotatable bonds is 3. The predicted octanol–water partition coefficient (Wildman–Crippen LogP) is 1.57. The normalized spacial score (nSPS) is 30.2. The van der Waals surface area contributed by atoms with E-state index in [0.29, 0.717) is 11.8 Å². The van der Waals surface area contributed by atoms with Crippen LogP contribution in [-0.2, 0) is 9.59 Å². The minimum absolute atomic E-state index is 0.192. The fraction of sp³-hybridized carbons (Fsp3) is 0.667. The van der Waals surface area contributed by atoms with E-state index in [9.17, 15) is 9.59 Å². The Morgan fingerprint density at radius 3 is 2.44 bits per heavy atom. The molecule has 0 aromatic carbocycles. The molecular weight excluding hydrogens is 206 g/mol. The standard InChI is InChI=1S/C12H19NO3/c1-8-3-4-10(7-9(8)2)13-11(14)5-6-12(15)16/h5-6,8-10H,3-4,7H2,1-2H3,(H,13,14)(H,15,16). The number of hydrogen-bond acceptors (Lipinski definition) is 2. The van der Waals surface area contributed by atoms with Crippen molar-refractivity contribution in [1.82, 2.24) is 5.32 Å². The Labute approximate surface area is 95.7 Å². The molecule has 90 valence electrons. The van der Waals surface area contributed by atoms with Crippen LogP contribution in [0, 0.1) is 11.8 Å². The molecule has 1 fully saturated rings. The number of nitrogens with one attached hydrogen (secondary N) is 1. The van der Waals surface area contributed by atoms with E-state index < -0.39 is 5.97 Å². The quantitative estimate of drug-likeness (QED) is 0.716. The van der Waals surface area contributed by atoms with Crippen LogP contribution in [-0.4, -0.2) is 23.0 Å². The third-order valence-electron chi connectivity index (χ3n) is 3.32. The van der Waals surface area contributed by atoms with Gasteiger partial charge in [-0.25, -0.2) is 4.79 Å². The molecule has 0 bridgehead atoms. The summed E-state index contributed by atoms with van der Waals surface area (Å²) < 4.78 is 0. The van der Waals surface area contributed by atoms with E-state index >= 15 is 0 Å². The van der Waals surface area contributed by atoms with Crippen molar-refractivity contribution < 1.29 is 14.7 Å². The highest BCUT2D eigenvalue weighted by Gasteiger charge is 2.24. The number of carboxylic acids is 1. The van der Waals surface area contributed by atoms with Gasteiger partial charge in [0.25, 0.3) is 0 Å². The van der Waals surface area contributed by atoms with Gasteiger partial charge in [-0.15, -0.1) is 0 Å².